The van der Waals surface area contributed by atoms with Crippen molar-refractivity contribution in [1.29, 1.82) is 0 Å². The summed E-state index contributed by atoms with van der Waals surface area (Å²) < 4.78 is 26.6. The summed E-state index contributed by atoms with van der Waals surface area (Å²) in [5, 5.41) is 0.806. The molecule has 0 bridgehead atoms. The first kappa shape index (κ1) is 13.0. The first-order valence-electron chi connectivity index (χ1n) is 6.17. The number of aromatic nitrogens is 1. The Balaban J connectivity index is 2.21. The van der Waals surface area contributed by atoms with Crippen LogP contribution in [0.25, 0.3) is 10.9 Å². The zero-order valence-electron chi connectivity index (χ0n) is 10.9. The largest absolute Gasteiger partial charge is 0.268 e. The predicted octanol–water partition coefficient (Wildman–Crippen LogP) is 1.98. The number of hydrogen-bond acceptors (Lipinski definition) is 2. The molecule has 0 saturated heterocycles. The molecule has 1 aromatic heterocycles. The summed E-state index contributed by atoms with van der Waals surface area (Å²) in [5.41, 5.74) is 2.26. The van der Waals surface area contributed by atoms with Crippen LogP contribution in [0.4, 0.5) is 0 Å². The Bertz CT molecular complexity index is 880. The van der Waals surface area contributed by atoms with Crippen LogP contribution in [0.2, 0.25) is 0 Å². The summed E-state index contributed by atoms with van der Waals surface area (Å²) in [4.78, 5) is 0.275. The van der Waals surface area contributed by atoms with Gasteiger partial charge in [-0.25, -0.2) is 12.4 Å². The summed E-state index contributed by atoms with van der Waals surface area (Å²) in [7, 11) is 2.14. The van der Waals surface area contributed by atoms with Gasteiger partial charge in [0.05, 0.1) is 10.4 Å². The number of rotatable bonds is 2. The zero-order chi connectivity index (χ0) is 14.3. The lowest BCUT2D eigenvalue weighted by atomic mass is 9.95. The van der Waals surface area contributed by atoms with Crippen molar-refractivity contribution < 1.29 is 8.42 Å². The smallest absolute Gasteiger partial charge is 0.241 e. The molecule has 1 heterocycles. The molecular weight excluding hydrogens is 269 g/mol. The molecule has 0 aliphatic heterocycles. The minimum atomic E-state index is -3.58. The maximum absolute atomic E-state index is 12.6. The molecule has 20 heavy (non-hydrogen) atoms. The molecule has 3 rings (SSSR count). The quantitative estimate of drug-likeness (QED) is 0.674. The van der Waals surface area contributed by atoms with Crippen molar-refractivity contribution in [3.05, 3.63) is 60.3 Å². The van der Waals surface area contributed by atoms with Crippen LogP contribution in [-0.2, 0) is 10.0 Å². The summed E-state index contributed by atoms with van der Waals surface area (Å²) in [6, 6.07) is 13.7. The van der Waals surface area contributed by atoms with Gasteiger partial charge in [0.1, 0.15) is 7.85 Å². The van der Waals surface area contributed by atoms with Gasteiger partial charge in [-0.1, -0.05) is 35.3 Å². The van der Waals surface area contributed by atoms with E-state index in [1.165, 1.54) is 3.97 Å². The highest BCUT2D eigenvalue weighted by molar-refractivity contribution is 7.90. The van der Waals surface area contributed by atoms with E-state index in [-0.39, 0.29) is 4.90 Å². The van der Waals surface area contributed by atoms with E-state index in [1.54, 1.807) is 54.7 Å². The molecule has 2 radical (unpaired) electrons. The van der Waals surface area contributed by atoms with E-state index < -0.39 is 10.0 Å². The van der Waals surface area contributed by atoms with Crippen LogP contribution >= 0.6 is 0 Å². The van der Waals surface area contributed by atoms with Crippen molar-refractivity contribution in [2.45, 2.75) is 11.8 Å². The maximum atomic E-state index is 12.6. The second kappa shape index (κ2) is 4.53. The molecule has 0 fully saturated rings. The zero-order valence-corrected chi connectivity index (χ0v) is 11.8. The van der Waals surface area contributed by atoms with Crippen molar-refractivity contribution in [2.75, 3.05) is 0 Å². The minimum absolute atomic E-state index is 0.275. The van der Waals surface area contributed by atoms with E-state index in [0.29, 0.717) is 11.0 Å². The Morgan fingerprint density at radius 2 is 1.70 bits per heavy atom. The molecule has 0 amide bonds. The number of hydrogen-bond donors (Lipinski definition) is 0. The molecule has 98 valence electrons. The van der Waals surface area contributed by atoms with Gasteiger partial charge in [0.25, 0.3) is 10.0 Å². The molecule has 0 aliphatic rings. The number of aryl methyl sites for hydroxylation is 1. The van der Waals surface area contributed by atoms with Crippen LogP contribution in [0.3, 0.4) is 0 Å². The van der Waals surface area contributed by atoms with Crippen LogP contribution in [0, 0.1) is 6.92 Å². The monoisotopic (exact) mass is 281 g/mol. The molecule has 0 atom stereocenters. The van der Waals surface area contributed by atoms with Gasteiger partial charge >= 0.3 is 0 Å². The highest BCUT2D eigenvalue weighted by Gasteiger charge is 2.18. The van der Waals surface area contributed by atoms with Gasteiger partial charge in [0.15, 0.2) is 0 Å². The first-order valence-corrected chi connectivity index (χ1v) is 7.61. The third kappa shape index (κ3) is 2.04. The van der Waals surface area contributed by atoms with E-state index in [1.807, 2.05) is 6.92 Å². The second-order valence-corrected chi connectivity index (χ2v) is 6.56. The standard InChI is InChI=1S/C15H12BNO2S/c1-11-2-5-14(6-3-11)20(18,19)17-9-8-12-10-13(16)4-7-15(12)17/h2-10H,1H3. The molecule has 0 N–H and O–H groups in total. The summed E-state index contributed by atoms with van der Waals surface area (Å²) >= 11 is 0. The van der Waals surface area contributed by atoms with Gasteiger partial charge in [-0.3, -0.25) is 0 Å². The number of fused-ring (bicyclic) bond motifs is 1. The third-order valence-electron chi connectivity index (χ3n) is 3.26. The van der Waals surface area contributed by atoms with E-state index >= 15 is 0 Å². The van der Waals surface area contributed by atoms with Crippen molar-refractivity contribution in [3.63, 3.8) is 0 Å². The average molecular weight is 281 g/mol. The summed E-state index contributed by atoms with van der Waals surface area (Å²) in [6.07, 6.45) is 1.55. The first-order chi connectivity index (χ1) is 9.48. The summed E-state index contributed by atoms with van der Waals surface area (Å²) in [6.45, 7) is 1.92. The number of nitrogens with zero attached hydrogens (tertiary/aromatic N) is 1. The lowest BCUT2D eigenvalue weighted by molar-refractivity contribution is 0.589. The lowest BCUT2D eigenvalue weighted by Crippen LogP contribution is -2.12. The van der Waals surface area contributed by atoms with Gasteiger partial charge in [0.2, 0.25) is 0 Å². The molecule has 0 unspecified atom stereocenters. The Kier molecular flexibility index (Phi) is 2.94. The van der Waals surface area contributed by atoms with Crippen LogP contribution < -0.4 is 5.46 Å². The fraction of sp³-hybridized carbons (Fsp3) is 0.0667. The normalized spacial score (nSPS) is 11.8. The summed E-state index contributed by atoms with van der Waals surface area (Å²) in [5.74, 6) is 0. The fourth-order valence-electron chi connectivity index (χ4n) is 2.17. The lowest BCUT2D eigenvalue weighted by Gasteiger charge is -2.08. The van der Waals surface area contributed by atoms with Crippen LogP contribution in [-0.4, -0.2) is 20.2 Å². The van der Waals surface area contributed by atoms with Crippen molar-refractivity contribution in [3.8, 4) is 0 Å². The SMILES string of the molecule is [B]c1ccc2c(ccn2S(=O)(=O)c2ccc(C)cc2)c1. The van der Waals surface area contributed by atoms with Gasteiger partial charge in [-0.2, -0.15) is 0 Å². The Morgan fingerprint density at radius 3 is 2.40 bits per heavy atom. The van der Waals surface area contributed by atoms with Crippen LogP contribution in [0.5, 0.6) is 0 Å². The van der Waals surface area contributed by atoms with Gasteiger partial charge in [-0.05, 0) is 31.2 Å². The molecule has 3 nitrogen and oxygen atoms in total. The predicted molar refractivity (Wildman–Crippen MR) is 81.1 cm³/mol. The fourth-order valence-corrected chi connectivity index (χ4v) is 3.52. The van der Waals surface area contributed by atoms with Crippen molar-refractivity contribution >= 4 is 34.2 Å². The van der Waals surface area contributed by atoms with E-state index in [9.17, 15) is 8.42 Å². The van der Waals surface area contributed by atoms with Crippen molar-refractivity contribution in [2.24, 2.45) is 0 Å². The number of benzene rings is 2. The van der Waals surface area contributed by atoms with E-state index in [2.05, 4.69) is 0 Å². The molecular formula is C15H12BNO2S. The Labute approximate surface area is 119 Å². The molecule has 2 aromatic carbocycles. The topological polar surface area (TPSA) is 39.1 Å². The van der Waals surface area contributed by atoms with Crippen molar-refractivity contribution in [1.82, 2.24) is 3.97 Å². The molecule has 0 spiro atoms. The highest BCUT2D eigenvalue weighted by Crippen LogP contribution is 2.21. The van der Waals surface area contributed by atoms with Gasteiger partial charge in [-0.15, -0.1) is 0 Å². The van der Waals surface area contributed by atoms with Crippen LogP contribution in [0.1, 0.15) is 5.56 Å². The Hall–Kier alpha value is -2.01. The van der Waals surface area contributed by atoms with Gasteiger partial charge < -0.3 is 0 Å². The van der Waals surface area contributed by atoms with E-state index in [4.69, 9.17) is 7.85 Å². The molecule has 0 saturated carbocycles. The minimum Gasteiger partial charge on any atom is -0.241 e. The van der Waals surface area contributed by atoms with E-state index in [0.717, 1.165) is 10.9 Å². The second-order valence-electron chi connectivity index (χ2n) is 4.75. The Morgan fingerprint density at radius 1 is 1.00 bits per heavy atom. The average Bonchev–Trinajstić information content (AvgIpc) is 2.82. The molecule has 3 aromatic rings. The molecule has 5 heteroatoms. The van der Waals surface area contributed by atoms with Crippen LogP contribution in [0.15, 0.2) is 59.6 Å². The third-order valence-corrected chi connectivity index (χ3v) is 4.96. The maximum Gasteiger partial charge on any atom is 0.268 e. The molecule has 0 aliphatic carbocycles. The highest BCUT2D eigenvalue weighted by atomic mass is 32.2. The van der Waals surface area contributed by atoms with Gasteiger partial charge in [0, 0.05) is 11.6 Å².